The van der Waals surface area contributed by atoms with Gasteiger partial charge in [0.2, 0.25) is 0 Å². The molecule has 0 aliphatic carbocycles. The molecular weight excluding hydrogens is 428 g/mol. The predicted molar refractivity (Wildman–Crippen MR) is 133 cm³/mol. The Morgan fingerprint density at radius 1 is 0.647 bits per heavy atom. The van der Waals surface area contributed by atoms with E-state index in [4.69, 9.17) is 20.9 Å². The monoisotopic (exact) mass is 450 g/mol. The highest BCUT2D eigenvalue weighted by Crippen LogP contribution is 2.22. The summed E-state index contributed by atoms with van der Waals surface area (Å²) in [6, 6.07) is 28.5. The van der Waals surface area contributed by atoms with Crippen LogP contribution < -0.4 is 20.9 Å². The topological polar surface area (TPSA) is 105 Å². The second kappa shape index (κ2) is 10.2. The summed E-state index contributed by atoms with van der Waals surface area (Å²) in [6.45, 7) is 0. The molecule has 0 saturated carbocycles. The Balaban J connectivity index is 1.33. The summed E-state index contributed by atoms with van der Waals surface area (Å²) in [5.74, 6) is -0.255. The number of carbonyl (C=O) groups is 2. The zero-order valence-corrected chi connectivity index (χ0v) is 18.2. The van der Waals surface area contributed by atoms with Gasteiger partial charge in [-0.05, 0) is 65.2 Å². The van der Waals surface area contributed by atoms with Crippen LogP contribution in [-0.2, 0) is 4.79 Å². The molecule has 0 atom stereocenters. The van der Waals surface area contributed by atoms with Gasteiger partial charge in [0.25, 0.3) is 0 Å². The number of nitrogen functional groups attached to an aromatic ring is 2. The van der Waals surface area contributed by atoms with Crippen LogP contribution in [0.15, 0.2) is 103 Å². The van der Waals surface area contributed by atoms with Gasteiger partial charge in [-0.1, -0.05) is 54.6 Å². The van der Waals surface area contributed by atoms with E-state index < -0.39 is 11.9 Å². The smallest absolute Gasteiger partial charge is 0.343 e. The largest absolute Gasteiger partial charge is 0.423 e. The van der Waals surface area contributed by atoms with Crippen molar-refractivity contribution in [2.45, 2.75) is 0 Å². The molecule has 0 heterocycles. The van der Waals surface area contributed by atoms with Crippen molar-refractivity contribution < 1.29 is 19.1 Å². The van der Waals surface area contributed by atoms with Gasteiger partial charge in [0.1, 0.15) is 11.5 Å². The maximum Gasteiger partial charge on any atom is 0.343 e. The summed E-state index contributed by atoms with van der Waals surface area (Å²) < 4.78 is 10.7. The van der Waals surface area contributed by atoms with E-state index in [1.807, 2.05) is 42.5 Å². The maximum absolute atomic E-state index is 12.3. The van der Waals surface area contributed by atoms with Crippen LogP contribution in [0.3, 0.4) is 0 Å². The van der Waals surface area contributed by atoms with Crippen molar-refractivity contribution in [3.05, 3.63) is 114 Å². The van der Waals surface area contributed by atoms with Crippen molar-refractivity contribution in [3.63, 3.8) is 0 Å². The summed E-state index contributed by atoms with van der Waals surface area (Å²) in [4.78, 5) is 24.5. The summed E-state index contributed by atoms with van der Waals surface area (Å²) in [5.41, 5.74) is 15.3. The highest BCUT2D eigenvalue weighted by atomic mass is 16.5. The number of hydrogen-bond acceptors (Lipinski definition) is 6. The van der Waals surface area contributed by atoms with Gasteiger partial charge in [0.15, 0.2) is 0 Å². The van der Waals surface area contributed by atoms with Crippen molar-refractivity contribution in [3.8, 4) is 22.6 Å². The van der Waals surface area contributed by atoms with Crippen LogP contribution in [0.5, 0.6) is 11.5 Å². The van der Waals surface area contributed by atoms with Gasteiger partial charge >= 0.3 is 11.9 Å². The molecule has 0 aromatic heterocycles. The first-order chi connectivity index (χ1) is 16.5. The lowest BCUT2D eigenvalue weighted by Gasteiger charge is -2.06. The summed E-state index contributed by atoms with van der Waals surface area (Å²) in [6.07, 6.45) is 2.95. The van der Waals surface area contributed by atoms with Gasteiger partial charge in [-0.3, -0.25) is 0 Å². The molecule has 6 nitrogen and oxygen atoms in total. The van der Waals surface area contributed by atoms with E-state index in [-0.39, 0.29) is 5.56 Å². The first-order valence-corrected chi connectivity index (χ1v) is 10.5. The van der Waals surface area contributed by atoms with E-state index in [1.165, 1.54) is 18.2 Å². The van der Waals surface area contributed by atoms with Gasteiger partial charge in [-0.2, -0.15) is 0 Å². The third-order valence-electron chi connectivity index (χ3n) is 4.90. The minimum atomic E-state index is -0.566. The van der Waals surface area contributed by atoms with Crippen LogP contribution in [0.2, 0.25) is 0 Å². The minimum absolute atomic E-state index is 0.265. The first kappa shape index (κ1) is 22.4. The fraction of sp³-hybridized carbons (Fsp3) is 0. The second-order valence-corrected chi connectivity index (χ2v) is 7.49. The molecule has 0 unspecified atom stereocenters. The quantitative estimate of drug-likeness (QED) is 0.177. The fourth-order valence-electron chi connectivity index (χ4n) is 3.27. The zero-order chi connectivity index (χ0) is 23.9. The van der Waals surface area contributed by atoms with Crippen molar-refractivity contribution in [2.75, 3.05) is 11.5 Å². The lowest BCUT2D eigenvalue weighted by Crippen LogP contribution is -2.09. The van der Waals surface area contributed by atoms with Crippen LogP contribution in [0.1, 0.15) is 15.9 Å². The molecule has 0 saturated heterocycles. The molecule has 34 heavy (non-hydrogen) atoms. The molecule has 0 aliphatic rings. The van der Waals surface area contributed by atoms with Gasteiger partial charge in [-0.25, -0.2) is 9.59 Å². The normalized spacial score (nSPS) is 10.7. The molecule has 168 valence electrons. The average Bonchev–Trinajstić information content (AvgIpc) is 2.84. The summed E-state index contributed by atoms with van der Waals surface area (Å²) >= 11 is 0. The number of anilines is 2. The molecule has 0 fully saturated rings. The second-order valence-electron chi connectivity index (χ2n) is 7.49. The zero-order valence-electron chi connectivity index (χ0n) is 18.2. The van der Waals surface area contributed by atoms with Gasteiger partial charge in [-0.15, -0.1) is 0 Å². The Morgan fingerprint density at radius 2 is 1.21 bits per heavy atom. The predicted octanol–water partition coefficient (Wildman–Crippen LogP) is 5.36. The van der Waals surface area contributed by atoms with Crippen LogP contribution in [0, 0.1) is 0 Å². The molecule has 0 aliphatic heterocycles. The van der Waals surface area contributed by atoms with E-state index in [1.54, 1.807) is 48.5 Å². The average molecular weight is 450 g/mol. The lowest BCUT2D eigenvalue weighted by atomic mass is 10.1. The van der Waals surface area contributed by atoms with Crippen LogP contribution in [-0.4, -0.2) is 11.9 Å². The molecular formula is C28H22N2O4. The highest BCUT2D eigenvalue weighted by molar-refractivity contribution is 5.93. The molecule has 4 aromatic carbocycles. The summed E-state index contributed by atoms with van der Waals surface area (Å²) in [7, 11) is 0. The molecule has 4 aromatic rings. The lowest BCUT2D eigenvalue weighted by molar-refractivity contribution is -0.128. The van der Waals surface area contributed by atoms with E-state index in [0.717, 1.165) is 16.7 Å². The van der Waals surface area contributed by atoms with Gasteiger partial charge in [0, 0.05) is 17.5 Å². The highest BCUT2D eigenvalue weighted by Gasteiger charge is 2.10. The maximum atomic E-state index is 12.3. The molecule has 6 heteroatoms. The van der Waals surface area contributed by atoms with Crippen molar-refractivity contribution >= 4 is 29.4 Å². The SMILES string of the molecule is Nc1cc(N)cc(C(=O)Oc2ccc(C=CC(=O)Oc3ccc(-c4ccccc4)cc3)cc2)c1. The van der Waals surface area contributed by atoms with Gasteiger partial charge < -0.3 is 20.9 Å². The van der Waals surface area contributed by atoms with Gasteiger partial charge in [0.05, 0.1) is 5.56 Å². The number of hydrogen-bond donors (Lipinski definition) is 2. The van der Waals surface area contributed by atoms with E-state index in [0.29, 0.717) is 22.9 Å². The summed E-state index contributed by atoms with van der Waals surface area (Å²) in [5, 5.41) is 0. The molecule has 0 bridgehead atoms. The molecule has 0 amide bonds. The first-order valence-electron chi connectivity index (χ1n) is 10.5. The molecule has 4 N–H and O–H groups in total. The van der Waals surface area contributed by atoms with Crippen LogP contribution >= 0.6 is 0 Å². The minimum Gasteiger partial charge on any atom is -0.423 e. The molecule has 4 rings (SSSR count). The number of rotatable bonds is 6. The Kier molecular flexibility index (Phi) is 6.70. The Labute approximate surface area is 197 Å². The Bertz CT molecular complexity index is 1310. The van der Waals surface area contributed by atoms with Crippen LogP contribution in [0.4, 0.5) is 11.4 Å². The van der Waals surface area contributed by atoms with E-state index in [9.17, 15) is 9.59 Å². The third-order valence-corrected chi connectivity index (χ3v) is 4.90. The van der Waals surface area contributed by atoms with E-state index >= 15 is 0 Å². The Hall–Kier alpha value is -4.84. The molecule has 0 radical (unpaired) electrons. The fourth-order valence-corrected chi connectivity index (χ4v) is 3.27. The number of carbonyl (C=O) groups excluding carboxylic acids is 2. The van der Waals surface area contributed by atoms with Crippen molar-refractivity contribution in [1.29, 1.82) is 0 Å². The number of nitrogens with two attached hydrogens (primary N) is 2. The Morgan fingerprint density at radius 3 is 1.85 bits per heavy atom. The number of esters is 2. The standard InChI is InChI=1S/C28H22N2O4/c29-23-16-22(17-24(30)18-23)28(32)34-26-11-6-19(7-12-26)8-15-27(31)33-25-13-9-21(10-14-25)20-4-2-1-3-5-20/h1-18H,29-30H2. The van der Waals surface area contributed by atoms with E-state index in [2.05, 4.69) is 0 Å². The third kappa shape index (κ3) is 5.89. The number of ether oxygens (including phenoxy) is 2. The van der Waals surface area contributed by atoms with Crippen molar-refractivity contribution in [1.82, 2.24) is 0 Å². The van der Waals surface area contributed by atoms with Crippen molar-refractivity contribution in [2.24, 2.45) is 0 Å². The molecule has 0 spiro atoms. The number of benzene rings is 4. The van der Waals surface area contributed by atoms with Crippen LogP contribution in [0.25, 0.3) is 17.2 Å².